The standard InChI is InChI=1S/C18H22BrN5/c1-12-15(19)4-5-17(21-12)24-10-7-14(8-11-24)22-16-6-9-20-18(23-16)13-2-3-13/h4-6,9,13-14H,2-3,7-8,10-11H2,1H3,(H,20,22,23). The molecule has 0 atom stereocenters. The summed E-state index contributed by atoms with van der Waals surface area (Å²) in [4.78, 5) is 16.1. The van der Waals surface area contributed by atoms with Crippen LogP contribution >= 0.6 is 15.9 Å². The molecular formula is C18H22BrN5. The third-order valence-electron chi connectivity index (χ3n) is 4.79. The number of pyridine rings is 1. The van der Waals surface area contributed by atoms with Gasteiger partial charge in [0.25, 0.3) is 0 Å². The molecule has 4 rings (SSSR count). The van der Waals surface area contributed by atoms with Crippen LogP contribution in [0.15, 0.2) is 28.9 Å². The molecule has 2 aliphatic rings. The Morgan fingerprint density at radius 3 is 2.58 bits per heavy atom. The van der Waals surface area contributed by atoms with Gasteiger partial charge in [0, 0.05) is 35.7 Å². The number of aromatic nitrogens is 3. The summed E-state index contributed by atoms with van der Waals surface area (Å²) in [5.74, 6) is 3.66. The van der Waals surface area contributed by atoms with Gasteiger partial charge in [0.1, 0.15) is 17.5 Å². The summed E-state index contributed by atoms with van der Waals surface area (Å²) in [5.41, 5.74) is 1.04. The number of rotatable bonds is 4. The molecule has 2 aromatic heterocycles. The van der Waals surface area contributed by atoms with Crippen molar-refractivity contribution in [3.63, 3.8) is 0 Å². The minimum atomic E-state index is 0.472. The number of anilines is 2. The number of nitrogens with one attached hydrogen (secondary N) is 1. The molecule has 0 unspecified atom stereocenters. The first-order valence-corrected chi connectivity index (χ1v) is 9.46. The molecule has 1 saturated carbocycles. The molecule has 0 bridgehead atoms. The van der Waals surface area contributed by atoms with Gasteiger partial charge in [-0.2, -0.15) is 0 Å². The number of hydrogen-bond donors (Lipinski definition) is 1. The van der Waals surface area contributed by atoms with Crippen molar-refractivity contribution < 1.29 is 0 Å². The van der Waals surface area contributed by atoms with Gasteiger partial charge < -0.3 is 10.2 Å². The van der Waals surface area contributed by atoms with Crippen molar-refractivity contribution in [1.82, 2.24) is 15.0 Å². The van der Waals surface area contributed by atoms with Crippen molar-refractivity contribution in [3.8, 4) is 0 Å². The summed E-state index contributed by atoms with van der Waals surface area (Å²) >= 11 is 3.52. The highest BCUT2D eigenvalue weighted by Gasteiger charge is 2.27. The molecule has 6 heteroatoms. The molecular weight excluding hydrogens is 366 g/mol. The molecule has 3 heterocycles. The number of piperidine rings is 1. The molecule has 1 aliphatic carbocycles. The van der Waals surface area contributed by atoms with E-state index in [0.29, 0.717) is 12.0 Å². The van der Waals surface area contributed by atoms with E-state index >= 15 is 0 Å². The third-order valence-corrected chi connectivity index (χ3v) is 5.63. The van der Waals surface area contributed by atoms with E-state index in [0.717, 1.165) is 53.6 Å². The fourth-order valence-electron chi connectivity index (χ4n) is 3.16. The van der Waals surface area contributed by atoms with Crippen LogP contribution in [0.1, 0.15) is 43.1 Å². The van der Waals surface area contributed by atoms with Crippen molar-refractivity contribution in [2.24, 2.45) is 0 Å². The third kappa shape index (κ3) is 3.53. The second-order valence-corrected chi connectivity index (χ2v) is 7.57. The number of hydrogen-bond acceptors (Lipinski definition) is 5. The van der Waals surface area contributed by atoms with Crippen molar-refractivity contribution in [3.05, 3.63) is 40.4 Å². The van der Waals surface area contributed by atoms with Crippen LogP contribution in [0.25, 0.3) is 0 Å². The van der Waals surface area contributed by atoms with Gasteiger partial charge in [0.15, 0.2) is 0 Å². The van der Waals surface area contributed by atoms with Crippen molar-refractivity contribution >= 4 is 27.6 Å². The molecule has 5 nitrogen and oxygen atoms in total. The zero-order chi connectivity index (χ0) is 16.5. The van der Waals surface area contributed by atoms with Crippen molar-refractivity contribution in [1.29, 1.82) is 0 Å². The zero-order valence-corrected chi connectivity index (χ0v) is 15.5. The van der Waals surface area contributed by atoms with E-state index in [1.54, 1.807) is 0 Å². The van der Waals surface area contributed by atoms with Crippen LogP contribution in [0.3, 0.4) is 0 Å². The van der Waals surface area contributed by atoms with E-state index in [1.165, 1.54) is 12.8 Å². The first kappa shape index (κ1) is 15.8. The summed E-state index contributed by atoms with van der Waals surface area (Å²) in [7, 11) is 0. The minimum Gasteiger partial charge on any atom is -0.367 e. The number of halogens is 1. The first-order valence-electron chi connectivity index (χ1n) is 8.66. The maximum atomic E-state index is 4.68. The zero-order valence-electron chi connectivity index (χ0n) is 13.9. The van der Waals surface area contributed by atoms with Crippen LogP contribution in [-0.4, -0.2) is 34.1 Å². The fraction of sp³-hybridized carbons (Fsp3) is 0.500. The Hall–Kier alpha value is -1.69. The molecule has 24 heavy (non-hydrogen) atoms. The lowest BCUT2D eigenvalue weighted by atomic mass is 10.0. The van der Waals surface area contributed by atoms with Gasteiger partial charge in [-0.15, -0.1) is 0 Å². The normalized spacial score (nSPS) is 18.7. The molecule has 0 spiro atoms. The van der Waals surface area contributed by atoms with E-state index in [1.807, 2.05) is 19.2 Å². The lowest BCUT2D eigenvalue weighted by Gasteiger charge is -2.33. The van der Waals surface area contributed by atoms with Gasteiger partial charge in [-0.3, -0.25) is 0 Å². The maximum absolute atomic E-state index is 4.68. The summed E-state index contributed by atoms with van der Waals surface area (Å²) in [5, 5.41) is 3.59. The highest BCUT2D eigenvalue weighted by molar-refractivity contribution is 9.10. The molecule has 0 aromatic carbocycles. The van der Waals surface area contributed by atoms with Crippen LogP contribution in [0.5, 0.6) is 0 Å². The Balaban J connectivity index is 1.35. The Labute approximate surface area is 151 Å². The summed E-state index contributed by atoms with van der Waals surface area (Å²) < 4.78 is 1.07. The summed E-state index contributed by atoms with van der Waals surface area (Å²) in [6.07, 6.45) is 6.55. The molecule has 126 valence electrons. The van der Waals surface area contributed by atoms with Crippen LogP contribution in [0, 0.1) is 6.92 Å². The highest BCUT2D eigenvalue weighted by Crippen LogP contribution is 2.38. The number of aryl methyl sites for hydroxylation is 1. The largest absolute Gasteiger partial charge is 0.367 e. The van der Waals surface area contributed by atoms with E-state index in [2.05, 4.69) is 53.2 Å². The second-order valence-electron chi connectivity index (χ2n) is 6.72. The van der Waals surface area contributed by atoms with E-state index in [-0.39, 0.29) is 0 Å². The topological polar surface area (TPSA) is 53.9 Å². The first-order chi connectivity index (χ1) is 11.7. The van der Waals surface area contributed by atoms with E-state index in [4.69, 9.17) is 0 Å². The van der Waals surface area contributed by atoms with E-state index in [9.17, 15) is 0 Å². The van der Waals surface area contributed by atoms with Gasteiger partial charge in [-0.05, 0) is 66.7 Å². The van der Waals surface area contributed by atoms with Crippen LogP contribution in [0.2, 0.25) is 0 Å². The van der Waals surface area contributed by atoms with Gasteiger partial charge >= 0.3 is 0 Å². The number of nitrogens with zero attached hydrogens (tertiary/aromatic N) is 4. The average Bonchev–Trinajstić information content (AvgIpc) is 3.44. The van der Waals surface area contributed by atoms with Gasteiger partial charge in [0.05, 0.1) is 5.69 Å². The van der Waals surface area contributed by atoms with Crippen LogP contribution in [0.4, 0.5) is 11.6 Å². The molecule has 1 aliphatic heterocycles. The fourth-order valence-corrected chi connectivity index (χ4v) is 3.38. The smallest absolute Gasteiger partial charge is 0.133 e. The van der Waals surface area contributed by atoms with Crippen molar-refractivity contribution in [2.75, 3.05) is 23.3 Å². The van der Waals surface area contributed by atoms with Crippen molar-refractivity contribution in [2.45, 2.75) is 44.6 Å². The minimum absolute atomic E-state index is 0.472. The maximum Gasteiger partial charge on any atom is 0.133 e. The van der Waals surface area contributed by atoms with Crippen LogP contribution in [-0.2, 0) is 0 Å². The Bertz CT molecular complexity index is 723. The Kier molecular flexibility index (Phi) is 4.39. The predicted octanol–water partition coefficient (Wildman–Crippen LogP) is 3.90. The average molecular weight is 388 g/mol. The Morgan fingerprint density at radius 1 is 1.08 bits per heavy atom. The summed E-state index contributed by atoms with van der Waals surface area (Å²) in [6.45, 7) is 4.08. The quantitative estimate of drug-likeness (QED) is 0.861. The highest BCUT2D eigenvalue weighted by atomic mass is 79.9. The Morgan fingerprint density at radius 2 is 1.88 bits per heavy atom. The monoisotopic (exact) mass is 387 g/mol. The molecule has 1 saturated heterocycles. The lowest BCUT2D eigenvalue weighted by molar-refractivity contribution is 0.522. The SMILES string of the molecule is Cc1nc(N2CCC(Nc3ccnc(C4CC4)n3)CC2)ccc1Br. The summed E-state index contributed by atoms with van der Waals surface area (Å²) in [6, 6.07) is 6.64. The van der Waals surface area contributed by atoms with Crippen LogP contribution < -0.4 is 10.2 Å². The van der Waals surface area contributed by atoms with Gasteiger partial charge in [0.2, 0.25) is 0 Å². The van der Waals surface area contributed by atoms with Gasteiger partial charge in [-0.25, -0.2) is 15.0 Å². The van der Waals surface area contributed by atoms with E-state index < -0.39 is 0 Å². The van der Waals surface area contributed by atoms with Gasteiger partial charge in [-0.1, -0.05) is 0 Å². The second kappa shape index (κ2) is 6.67. The molecule has 2 fully saturated rings. The lowest BCUT2D eigenvalue weighted by Crippen LogP contribution is -2.39. The molecule has 2 aromatic rings. The predicted molar refractivity (Wildman–Crippen MR) is 99.5 cm³/mol. The molecule has 0 radical (unpaired) electrons. The molecule has 0 amide bonds. The molecule has 1 N–H and O–H groups in total.